The Kier molecular flexibility index (Phi) is 3.44. The summed E-state index contributed by atoms with van der Waals surface area (Å²) in [4.78, 5) is 7.62. The molecule has 0 saturated carbocycles. The summed E-state index contributed by atoms with van der Waals surface area (Å²) < 4.78 is 14.1. The second-order valence-electron chi connectivity index (χ2n) is 4.57. The predicted molar refractivity (Wildman–Crippen MR) is 81.3 cm³/mol. The molecule has 0 aliphatic heterocycles. The first kappa shape index (κ1) is 13.0. The fourth-order valence-corrected chi connectivity index (χ4v) is 2.15. The highest BCUT2D eigenvalue weighted by atomic mass is 19.1. The highest BCUT2D eigenvalue weighted by molar-refractivity contribution is 5.73. The molecule has 21 heavy (non-hydrogen) atoms. The van der Waals surface area contributed by atoms with Crippen LogP contribution in [0, 0.1) is 12.4 Å². The zero-order valence-electron chi connectivity index (χ0n) is 11.1. The quantitative estimate of drug-likeness (QED) is 0.594. The van der Waals surface area contributed by atoms with E-state index in [1.165, 1.54) is 6.07 Å². The molecular formula is C18H11FN2. The molecule has 1 aromatic heterocycles. The van der Waals surface area contributed by atoms with Gasteiger partial charge in [0, 0.05) is 17.3 Å². The van der Waals surface area contributed by atoms with Crippen LogP contribution < -0.4 is 0 Å². The number of pyridine rings is 1. The second kappa shape index (κ2) is 5.56. The molecule has 0 aliphatic carbocycles. The van der Waals surface area contributed by atoms with Crippen LogP contribution in [-0.2, 0) is 0 Å². The maximum atomic E-state index is 14.1. The van der Waals surface area contributed by atoms with Gasteiger partial charge in [-0.25, -0.2) is 9.24 Å². The molecule has 0 saturated heterocycles. The number of hydrogen-bond donors (Lipinski definition) is 0. The molecule has 3 aromatic rings. The zero-order chi connectivity index (χ0) is 14.7. The van der Waals surface area contributed by atoms with Crippen LogP contribution in [0.4, 0.5) is 10.1 Å². The van der Waals surface area contributed by atoms with E-state index < -0.39 is 0 Å². The van der Waals surface area contributed by atoms with E-state index in [-0.39, 0.29) is 5.82 Å². The van der Waals surface area contributed by atoms with Gasteiger partial charge in [0.15, 0.2) is 5.69 Å². The number of benzene rings is 2. The third kappa shape index (κ3) is 2.65. The van der Waals surface area contributed by atoms with Crippen molar-refractivity contribution in [2.45, 2.75) is 0 Å². The van der Waals surface area contributed by atoms with Crippen molar-refractivity contribution in [3.63, 3.8) is 0 Å². The van der Waals surface area contributed by atoms with E-state index >= 15 is 0 Å². The number of nitrogens with zero attached hydrogens (tertiary/aromatic N) is 2. The summed E-state index contributed by atoms with van der Waals surface area (Å²) in [7, 11) is 0. The Morgan fingerprint density at radius 2 is 1.67 bits per heavy atom. The SMILES string of the molecule is [C-]#[N+]c1ccc(-c2cc(-c3ccccn3)ccc2F)cc1. The third-order valence-electron chi connectivity index (χ3n) is 3.23. The molecule has 100 valence electrons. The maximum Gasteiger partial charge on any atom is 0.187 e. The monoisotopic (exact) mass is 274 g/mol. The lowest BCUT2D eigenvalue weighted by Gasteiger charge is -2.07. The standard InChI is InChI=1S/C18H11FN2/c1-20-15-8-5-13(6-9-15)16-12-14(7-10-17(16)19)18-4-2-3-11-21-18/h2-12H. The number of halogens is 1. The van der Waals surface area contributed by atoms with Crippen molar-refractivity contribution >= 4 is 5.69 Å². The minimum atomic E-state index is -0.287. The molecule has 0 spiro atoms. The molecule has 2 nitrogen and oxygen atoms in total. The van der Waals surface area contributed by atoms with Gasteiger partial charge in [-0.3, -0.25) is 4.98 Å². The summed E-state index contributed by atoms with van der Waals surface area (Å²) in [6.07, 6.45) is 1.71. The molecule has 0 aliphatic rings. The zero-order valence-corrected chi connectivity index (χ0v) is 11.1. The molecule has 0 N–H and O–H groups in total. The normalized spacial score (nSPS) is 10.1. The van der Waals surface area contributed by atoms with Gasteiger partial charge in [0.25, 0.3) is 0 Å². The first-order valence-corrected chi connectivity index (χ1v) is 6.47. The second-order valence-corrected chi connectivity index (χ2v) is 4.57. The highest BCUT2D eigenvalue weighted by Crippen LogP contribution is 2.29. The van der Waals surface area contributed by atoms with Crippen LogP contribution in [0.3, 0.4) is 0 Å². The summed E-state index contributed by atoms with van der Waals surface area (Å²) in [5, 5.41) is 0. The van der Waals surface area contributed by atoms with Crippen molar-refractivity contribution in [1.29, 1.82) is 0 Å². The van der Waals surface area contributed by atoms with E-state index in [9.17, 15) is 4.39 Å². The minimum absolute atomic E-state index is 0.287. The summed E-state index contributed by atoms with van der Waals surface area (Å²) in [6, 6.07) is 17.5. The Morgan fingerprint density at radius 3 is 2.33 bits per heavy atom. The Labute approximate surface area is 122 Å². The average molecular weight is 274 g/mol. The van der Waals surface area contributed by atoms with Gasteiger partial charge in [0.05, 0.1) is 12.3 Å². The van der Waals surface area contributed by atoms with Crippen LogP contribution in [0.5, 0.6) is 0 Å². The Bertz CT molecular complexity index is 803. The van der Waals surface area contributed by atoms with Gasteiger partial charge in [-0.1, -0.05) is 30.3 Å². The summed E-state index contributed by atoms with van der Waals surface area (Å²) in [5.41, 5.74) is 3.46. The van der Waals surface area contributed by atoms with Gasteiger partial charge in [0.1, 0.15) is 5.82 Å². The molecule has 0 atom stereocenters. The number of rotatable bonds is 2. The fourth-order valence-electron chi connectivity index (χ4n) is 2.15. The topological polar surface area (TPSA) is 17.2 Å². The Morgan fingerprint density at radius 1 is 0.905 bits per heavy atom. The molecule has 0 radical (unpaired) electrons. The van der Waals surface area contributed by atoms with Crippen molar-refractivity contribution in [1.82, 2.24) is 4.98 Å². The Hall–Kier alpha value is -2.99. The minimum Gasteiger partial charge on any atom is -0.256 e. The first-order chi connectivity index (χ1) is 10.3. The lowest BCUT2D eigenvalue weighted by molar-refractivity contribution is 0.631. The smallest absolute Gasteiger partial charge is 0.187 e. The van der Waals surface area contributed by atoms with E-state index in [1.807, 2.05) is 18.2 Å². The van der Waals surface area contributed by atoms with Crippen molar-refractivity contribution in [2.75, 3.05) is 0 Å². The van der Waals surface area contributed by atoms with Crippen LogP contribution in [0.15, 0.2) is 66.9 Å². The van der Waals surface area contributed by atoms with Gasteiger partial charge in [-0.15, -0.1) is 0 Å². The van der Waals surface area contributed by atoms with Gasteiger partial charge in [0.2, 0.25) is 0 Å². The molecule has 0 unspecified atom stereocenters. The molecule has 1 heterocycles. The van der Waals surface area contributed by atoms with Crippen molar-refractivity contribution in [2.24, 2.45) is 0 Å². The molecule has 0 amide bonds. The van der Waals surface area contributed by atoms with E-state index in [1.54, 1.807) is 42.6 Å². The van der Waals surface area contributed by atoms with Crippen molar-refractivity contribution < 1.29 is 4.39 Å². The van der Waals surface area contributed by atoms with Crippen LogP contribution in [0.2, 0.25) is 0 Å². The number of aromatic nitrogens is 1. The third-order valence-corrected chi connectivity index (χ3v) is 3.23. The largest absolute Gasteiger partial charge is 0.256 e. The fraction of sp³-hybridized carbons (Fsp3) is 0. The molecule has 2 aromatic carbocycles. The summed E-state index contributed by atoms with van der Waals surface area (Å²) in [6.45, 7) is 6.95. The maximum absolute atomic E-state index is 14.1. The summed E-state index contributed by atoms with van der Waals surface area (Å²) >= 11 is 0. The summed E-state index contributed by atoms with van der Waals surface area (Å²) in [5.74, 6) is -0.287. The first-order valence-electron chi connectivity index (χ1n) is 6.47. The van der Waals surface area contributed by atoms with Gasteiger partial charge < -0.3 is 0 Å². The number of hydrogen-bond acceptors (Lipinski definition) is 1. The van der Waals surface area contributed by atoms with E-state index in [0.29, 0.717) is 11.3 Å². The van der Waals surface area contributed by atoms with E-state index in [4.69, 9.17) is 6.57 Å². The molecule has 0 bridgehead atoms. The lowest BCUT2D eigenvalue weighted by Crippen LogP contribution is -1.88. The van der Waals surface area contributed by atoms with Gasteiger partial charge in [-0.05, 0) is 35.9 Å². The molecule has 3 rings (SSSR count). The van der Waals surface area contributed by atoms with Gasteiger partial charge in [-0.2, -0.15) is 0 Å². The van der Waals surface area contributed by atoms with Crippen LogP contribution in [0.25, 0.3) is 27.2 Å². The van der Waals surface area contributed by atoms with E-state index in [0.717, 1.165) is 16.8 Å². The van der Waals surface area contributed by atoms with Crippen molar-refractivity contribution in [3.8, 4) is 22.4 Å². The lowest BCUT2D eigenvalue weighted by atomic mass is 10.0. The van der Waals surface area contributed by atoms with Crippen molar-refractivity contribution in [3.05, 3.63) is 84.1 Å². The van der Waals surface area contributed by atoms with Crippen LogP contribution in [0.1, 0.15) is 0 Å². The van der Waals surface area contributed by atoms with Gasteiger partial charge >= 0.3 is 0 Å². The molecular weight excluding hydrogens is 263 g/mol. The predicted octanol–water partition coefficient (Wildman–Crippen LogP) is 5.11. The van der Waals surface area contributed by atoms with Crippen LogP contribution >= 0.6 is 0 Å². The Balaban J connectivity index is 2.08. The van der Waals surface area contributed by atoms with Crippen LogP contribution in [-0.4, -0.2) is 4.98 Å². The highest BCUT2D eigenvalue weighted by Gasteiger charge is 2.08. The van der Waals surface area contributed by atoms with E-state index in [2.05, 4.69) is 9.83 Å². The molecule has 3 heteroatoms. The average Bonchev–Trinajstić information content (AvgIpc) is 2.56. The molecule has 0 fully saturated rings.